The zero-order chi connectivity index (χ0) is 56.8. The van der Waals surface area contributed by atoms with Crippen molar-refractivity contribution in [1.82, 2.24) is 16.0 Å². The van der Waals surface area contributed by atoms with Gasteiger partial charge >= 0.3 is 0 Å². The molecule has 7 aliphatic heterocycles. The van der Waals surface area contributed by atoms with E-state index in [1.165, 1.54) is 112 Å². The highest BCUT2D eigenvalue weighted by Gasteiger charge is 2.59. The van der Waals surface area contributed by atoms with Crippen LogP contribution in [0.5, 0.6) is 0 Å². The Morgan fingerprint density at radius 3 is 2.23 bits per heavy atom. The second-order valence-electron chi connectivity index (χ2n) is 27.9. The lowest BCUT2D eigenvalue weighted by Gasteiger charge is -2.60. The van der Waals surface area contributed by atoms with Crippen molar-refractivity contribution < 1.29 is 0 Å². The first-order chi connectivity index (χ1) is 43.1. The maximum atomic E-state index is 6.01. The van der Waals surface area contributed by atoms with Crippen LogP contribution in [-0.2, 0) is 0 Å². The summed E-state index contributed by atoms with van der Waals surface area (Å²) < 4.78 is 0. The first kappa shape index (κ1) is 51.4. The predicted molar refractivity (Wildman–Crippen MR) is 364 cm³/mol. The highest BCUT2D eigenvalue weighted by molar-refractivity contribution is 6.91. The van der Waals surface area contributed by atoms with E-state index in [-0.39, 0.29) is 54.8 Å². The number of hydrogen-bond donors (Lipinski definition) is 5. The van der Waals surface area contributed by atoms with Crippen LogP contribution in [0.2, 0.25) is 29.1 Å². The minimum Gasteiger partial charge on any atom is -0.379 e. The maximum Gasteiger partial charge on any atom is 0.226 e. The summed E-state index contributed by atoms with van der Waals surface area (Å²) in [6.07, 6.45) is 47.5. The summed E-state index contributed by atoms with van der Waals surface area (Å²) in [7, 11) is 0. The molecule has 0 spiro atoms. The van der Waals surface area contributed by atoms with Gasteiger partial charge in [-0.3, -0.25) is 5.32 Å². The van der Waals surface area contributed by atoms with E-state index in [0.717, 1.165) is 37.3 Å². The average Bonchev–Trinajstić information content (AvgIpc) is 0.946. The van der Waals surface area contributed by atoms with Gasteiger partial charge < -0.3 is 36.0 Å². The van der Waals surface area contributed by atoms with Crippen LogP contribution < -0.4 is 57.7 Å². The third-order valence-electron chi connectivity index (χ3n) is 23.8. The number of fused-ring (bicyclic) bond motifs is 11. The molecule has 9 nitrogen and oxygen atoms in total. The minimum absolute atomic E-state index is 0.0156. The van der Waals surface area contributed by atoms with E-state index in [2.05, 4.69) is 248 Å². The molecule has 7 aliphatic carbocycles. The van der Waals surface area contributed by atoms with Gasteiger partial charge in [-0.15, -0.1) is 0 Å². The Hall–Kier alpha value is -7.66. The Labute approximate surface area is 514 Å². The summed E-state index contributed by atoms with van der Waals surface area (Å²) in [5, 5.41) is 21.0. The van der Waals surface area contributed by atoms with Crippen LogP contribution in [0.1, 0.15) is 70.6 Å². The van der Waals surface area contributed by atoms with Gasteiger partial charge in [0.25, 0.3) is 0 Å². The van der Waals surface area contributed by atoms with Crippen molar-refractivity contribution >= 4 is 82.2 Å². The summed E-state index contributed by atoms with van der Waals surface area (Å²) in [6.45, 7) is 1.21. The molecule has 430 valence electrons. The lowest BCUT2D eigenvalue weighted by molar-refractivity contribution is 0.229. The molecule has 0 radical (unpaired) electrons. The molecule has 87 heavy (non-hydrogen) atoms. The quantitative estimate of drug-likeness (QED) is 0.108. The summed E-state index contributed by atoms with van der Waals surface area (Å²) in [5.74, 6) is 3.57. The van der Waals surface area contributed by atoms with Crippen LogP contribution in [0.15, 0.2) is 234 Å². The Morgan fingerprint density at radius 1 is 0.563 bits per heavy atom. The maximum absolute atomic E-state index is 6.01. The molecule has 7 heterocycles. The van der Waals surface area contributed by atoms with E-state index < -0.39 is 0 Å². The van der Waals surface area contributed by atoms with E-state index in [9.17, 15) is 0 Å². The SMILES string of the molecule is C1=CCC(N2c3cccc4c3B(c3ccccc3N4)C3C=CC(C4N=C(C5=CC6C(C=C5)B5c7c(cccc7N6c6ccccc6)NC6C=CC=CC56)NC(C5CCC6=C(C5)N(c5ccccc5)C5CCCC7NC8CCCCC8B6C75)N4)=CC32)C=C1. The van der Waals surface area contributed by atoms with Gasteiger partial charge in [0, 0.05) is 81.3 Å². The van der Waals surface area contributed by atoms with E-state index in [1.807, 2.05) is 5.47 Å². The van der Waals surface area contributed by atoms with Gasteiger partial charge in [-0.05, 0) is 157 Å². The molecule has 15 unspecified atom stereocenters. The molecule has 0 bridgehead atoms. The number of aliphatic imine (C=N–C) groups is 1. The van der Waals surface area contributed by atoms with Crippen LogP contribution in [0, 0.1) is 5.92 Å². The molecular formula is C75H76B3N9. The Balaban J connectivity index is 0.746. The molecule has 5 aromatic carbocycles. The second-order valence-corrected chi connectivity index (χ2v) is 27.9. The smallest absolute Gasteiger partial charge is 0.226 e. The van der Waals surface area contributed by atoms with Gasteiger partial charge in [-0.2, -0.15) is 0 Å². The molecule has 1 saturated heterocycles. The van der Waals surface area contributed by atoms with E-state index in [0.29, 0.717) is 49.1 Å². The summed E-state index contributed by atoms with van der Waals surface area (Å²) in [4.78, 5) is 14.4. The second kappa shape index (κ2) is 20.5. The first-order valence-corrected chi connectivity index (χ1v) is 33.6. The molecule has 14 aliphatic rings. The topological polar surface area (TPSA) is 82.2 Å². The molecule has 3 fully saturated rings. The normalized spacial score (nSPS) is 34.0. The number of benzene rings is 5. The Kier molecular flexibility index (Phi) is 12.1. The number of amidine groups is 1. The molecule has 5 aromatic rings. The third kappa shape index (κ3) is 8.04. The van der Waals surface area contributed by atoms with Crippen molar-refractivity contribution in [3.63, 3.8) is 0 Å². The van der Waals surface area contributed by atoms with Crippen LogP contribution in [0.3, 0.4) is 0 Å². The summed E-state index contributed by atoms with van der Waals surface area (Å²) in [6, 6.07) is 48.2. The minimum atomic E-state index is -0.265. The van der Waals surface area contributed by atoms with Crippen molar-refractivity contribution in [3.8, 4) is 0 Å². The molecule has 2 saturated carbocycles. The molecule has 5 N–H and O–H groups in total. The largest absolute Gasteiger partial charge is 0.379 e. The van der Waals surface area contributed by atoms with Gasteiger partial charge in [0.1, 0.15) is 12.0 Å². The molecular weight excluding hydrogens is 1060 g/mol. The van der Waals surface area contributed by atoms with Crippen molar-refractivity contribution in [3.05, 3.63) is 229 Å². The average molecular weight is 1140 g/mol. The van der Waals surface area contributed by atoms with Crippen LogP contribution in [-0.4, -0.2) is 80.6 Å². The van der Waals surface area contributed by atoms with Gasteiger partial charge in [0.05, 0.1) is 18.2 Å². The van der Waals surface area contributed by atoms with E-state index in [1.54, 1.807) is 5.70 Å². The Morgan fingerprint density at radius 2 is 1.34 bits per heavy atom. The van der Waals surface area contributed by atoms with Crippen LogP contribution in [0.25, 0.3) is 0 Å². The first-order valence-electron chi connectivity index (χ1n) is 33.6. The number of anilines is 7. The standard InChI is InChI=1S/C75H76B3N9/c1-4-19-49(20-5-1)85-64-34-16-31-61-70(64)76(52-25-10-13-28-58(52)79-61)55-40-37-46(43-67(55)85)73-82-74(47-38-41-56-68(44-47)86(50-21-6-2-7-22-50)65-35-17-32-62-71(65)77(56)53-26-11-14-29-59(53)80-62)84-75(83-73)48-39-42-57-69(45-48)87(51-23-8-3-9-24-51)66-36-18-33-63-72(66)78(57)54-27-12-15-30-60(54)81-63/h1-11,13-14,16-17,19-21,23-26,28-29,31-32,34-35,37-38,40-41,43-44,48,50,52,54-56,58,60,63,66-68,72,74-75,79-81,84H,12,15,18,22,27,30,33,36,39,42,45H2,(H,82,83). The summed E-state index contributed by atoms with van der Waals surface area (Å²) in [5.41, 5.74) is 19.2. The van der Waals surface area contributed by atoms with Gasteiger partial charge in [0.15, 0.2) is 13.4 Å². The lowest BCUT2D eigenvalue weighted by atomic mass is 9.22. The van der Waals surface area contributed by atoms with Gasteiger partial charge in [-0.25, -0.2) is 4.99 Å². The van der Waals surface area contributed by atoms with Crippen LogP contribution in [0.4, 0.5) is 39.8 Å². The summed E-state index contributed by atoms with van der Waals surface area (Å²) >= 11 is 0. The van der Waals surface area contributed by atoms with Crippen molar-refractivity contribution in [2.24, 2.45) is 10.9 Å². The Bertz CT molecular complexity index is 3940. The van der Waals surface area contributed by atoms with Crippen molar-refractivity contribution in [2.75, 3.05) is 25.3 Å². The highest BCUT2D eigenvalue weighted by atomic mass is 15.3. The zero-order valence-corrected chi connectivity index (χ0v) is 49.6. The van der Waals surface area contributed by atoms with E-state index in [4.69, 9.17) is 4.99 Å². The number of para-hydroxylation sites is 3. The molecule has 0 aromatic heterocycles. The fourth-order valence-corrected chi connectivity index (χ4v) is 20.4. The van der Waals surface area contributed by atoms with Gasteiger partial charge in [0.2, 0.25) is 6.71 Å². The number of nitrogens with one attached hydrogen (secondary N) is 5. The fourth-order valence-electron chi connectivity index (χ4n) is 20.4. The fraction of sp³-hybridized carbons (Fsp3) is 0.347. The predicted octanol–water partition coefficient (Wildman–Crippen LogP) is 12.4. The monoisotopic (exact) mass is 1140 g/mol. The highest BCUT2D eigenvalue weighted by Crippen LogP contribution is 2.58. The molecule has 15 atom stereocenters. The van der Waals surface area contributed by atoms with Crippen LogP contribution >= 0.6 is 0 Å². The zero-order valence-electron chi connectivity index (χ0n) is 49.6. The molecule has 12 heteroatoms. The lowest BCUT2D eigenvalue weighted by Crippen LogP contribution is -2.67. The van der Waals surface area contributed by atoms with E-state index >= 15 is 0 Å². The van der Waals surface area contributed by atoms with Crippen molar-refractivity contribution in [2.45, 2.75) is 154 Å². The number of rotatable bonds is 6. The number of allylic oxidation sites excluding steroid dienone is 6. The van der Waals surface area contributed by atoms with Crippen molar-refractivity contribution in [1.29, 1.82) is 0 Å². The number of nitrogens with zero attached hydrogens (tertiary/aromatic N) is 4. The van der Waals surface area contributed by atoms with Gasteiger partial charge in [-0.1, -0.05) is 182 Å². The molecule has 19 rings (SSSR count). The third-order valence-corrected chi connectivity index (χ3v) is 23.8. The number of hydrogen-bond acceptors (Lipinski definition) is 9. The molecule has 0 amide bonds.